The molecule has 0 saturated heterocycles. The van der Waals surface area contributed by atoms with Crippen LogP contribution in [0, 0.1) is 6.92 Å². The number of hydrogen-bond donors (Lipinski definition) is 2. The second-order valence-corrected chi connectivity index (χ2v) is 4.70. The van der Waals surface area contributed by atoms with Gasteiger partial charge in [-0.15, -0.1) is 0 Å². The smallest absolute Gasteiger partial charge is 0.130 e. The number of benzene rings is 1. The standard InChI is InChI=1S/C13H14BrN3/c1-9-5-13(16-8-12(9)14)17-11-4-2-3-10(6-11)7-15/h2-6,8H,7,15H2,1H3,(H,16,17). The molecule has 0 spiro atoms. The van der Waals surface area contributed by atoms with Crippen molar-refractivity contribution in [3.8, 4) is 0 Å². The van der Waals surface area contributed by atoms with Crippen molar-refractivity contribution in [3.05, 3.63) is 52.1 Å². The summed E-state index contributed by atoms with van der Waals surface area (Å²) in [7, 11) is 0. The highest BCUT2D eigenvalue weighted by Gasteiger charge is 2.00. The van der Waals surface area contributed by atoms with Crippen LogP contribution in [-0.4, -0.2) is 4.98 Å². The maximum atomic E-state index is 5.61. The second-order valence-electron chi connectivity index (χ2n) is 3.85. The van der Waals surface area contributed by atoms with Crippen LogP contribution in [0.5, 0.6) is 0 Å². The molecular weight excluding hydrogens is 278 g/mol. The molecule has 88 valence electrons. The number of pyridine rings is 1. The van der Waals surface area contributed by atoms with Crippen molar-refractivity contribution in [2.75, 3.05) is 5.32 Å². The number of anilines is 2. The van der Waals surface area contributed by atoms with Gasteiger partial charge in [0.25, 0.3) is 0 Å². The van der Waals surface area contributed by atoms with E-state index in [0.29, 0.717) is 6.54 Å². The summed E-state index contributed by atoms with van der Waals surface area (Å²) in [4.78, 5) is 4.30. The minimum atomic E-state index is 0.544. The minimum Gasteiger partial charge on any atom is -0.340 e. The van der Waals surface area contributed by atoms with Crippen LogP contribution in [0.3, 0.4) is 0 Å². The van der Waals surface area contributed by atoms with Crippen LogP contribution in [-0.2, 0) is 6.54 Å². The van der Waals surface area contributed by atoms with Crippen LogP contribution in [0.25, 0.3) is 0 Å². The van der Waals surface area contributed by atoms with Gasteiger partial charge in [0.15, 0.2) is 0 Å². The Hall–Kier alpha value is -1.39. The molecule has 0 radical (unpaired) electrons. The monoisotopic (exact) mass is 291 g/mol. The number of rotatable bonds is 3. The zero-order valence-electron chi connectivity index (χ0n) is 9.57. The quantitative estimate of drug-likeness (QED) is 0.912. The Labute approximate surface area is 109 Å². The first-order valence-electron chi connectivity index (χ1n) is 5.37. The van der Waals surface area contributed by atoms with Crippen molar-refractivity contribution < 1.29 is 0 Å². The van der Waals surface area contributed by atoms with Crippen molar-refractivity contribution in [2.24, 2.45) is 5.73 Å². The lowest BCUT2D eigenvalue weighted by molar-refractivity contribution is 1.07. The van der Waals surface area contributed by atoms with Gasteiger partial charge < -0.3 is 11.1 Å². The van der Waals surface area contributed by atoms with Gasteiger partial charge >= 0.3 is 0 Å². The molecule has 3 nitrogen and oxygen atoms in total. The van der Waals surface area contributed by atoms with Crippen molar-refractivity contribution in [2.45, 2.75) is 13.5 Å². The number of aromatic nitrogens is 1. The van der Waals surface area contributed by atoms with E-state index in [-0.39, 0.29) is 0 Å². The zero-order chi connectivity index (χ0) is 12.3. The molecule has 0 atom stereocenters. The Morgan fingerprint density at radius 3 is 2.88 bits per heavy atom. The fourth-order valence-electron chi connectivity index (χ4n) is 1.53. The van der Waals surface area contributed by atoms with Gasteiger partial charge in [0, 0.05) is 22.9 Å². The van der Waals surface area contributed by atoms with Gasteiger partial charge in [-0.2, -0.15) is 0 Å². The Morgan fingerprint density at radius 1 is 1.35 bits per heavy atom. The van der Waals surface area contributed by atoms with Gasteiger partial charge in [0.1, 0.15) is 5.82 Å². The van der Waals surface area contributed by atoms with Crippen LogP contribution < -0.4 is 11.1 Å². The summed E-state index contributed by atoms with van der Waals surface area (Å²) >= 11 is 3.43. The lowest BCUT2D eigenvalue weighted by Crippen LogP contribution is -1.98. The average molecular weight is 292 g/mol. The van der Waals surface area contributed by atoms with Crippen molar-refractivity contribution in [3.63, 3.8) is 0 Å². The highest BCUT2D eigenvalue weighted by molar-refractivity contribution is 9.10. The molecule has 0 unspecified atom stereocenters. The highest BCUT2D eigenvalue weighted by Crippen LogP contribution is 2.20. The van der Waals surface area contributed by atoms with Gasteiger partial charge in [-0.3, -0.25) is 0 Å². The largest absolute Gasteiger partial charge is 0.340 e. The van der Waals surface area contributed by atoms with E-state index in [0.717, 1.165) is 27.1 Å². The third kappa shape index (κ3) is 3.05. The van der Waals surface area contributed by atoms with Crippen molar-refractivity contribution >= 4 is 27.4 Å². The van der Waals surface area contributed by atoms with Crippen LogP contribution in [0.2, 0.25) is 0 Å². The summed E-state index contributed by atoms with van der Waals surface area (Å²) in [6, 6.07) is 10.0. The molecule has 0 aliphatic heterocycles. The molecule has 0 fully saturated rings. The van der Waals surface area contributed by atoms with E-state index in [1.807, 2.05) is 37.3 Å². The minimum absolute atomic E-state index is 0.544. The lowest BCUT2D eigenvalue weighted by atomic mass is 10.2. The topological polar surface area (TPSA) is 50.9 Å². The first kappa shape index (κ1) is 12.1. The number of aryl methyl sites for hydroxylation is 1. The molecule has 0 bridgehead atoms. The maximum absolute atomic E-state index is 5.61. The number of halogens is 1. The highest BCUT2D eigenvalue weighted by atomic mass is 79.9. The Bertz CT molecular complexity index is 526. The molecule has 1 aromatic heterocycles. The number of hydrogen-bond acceptors (Lipinski definition) is 3. The summed E-state index contributed by atoms with van der Waals surface area (Å²) in [5.41, 5.74) is 8.86. The SMILES string of the molecule is Cc1cc(Nc2cccc(CN)c2)ncc1Br. The molecule has 0 aliphatic carbocycles. The molecule has 2 aromatic rings. The first-order chi connectivity index (χ1) is 8.19. The molecule has 17 heavy (non-hydrogen) atoms. The molecule has 3 N–H and O–H groups in total. The Balaban J connectivity index is 2.22. The normalized spacial score (nSPS) is 10.3. The van der Waals surface area contributed by atoms with Gasteiger partial charge in [0.2, 0.25) is 0 Å². The number of nitrogens with zero attached hydrogens (tertiary/aromatic N) is 1. The fourth-order valence-corrected chi connectivity index (χ4v) is 1.75. The van der Waals surface area contributed by atoms with E-state index in [9.17, 15) is 0 Å². The van der Waals surface area contributed by atoms with Gasteiger partial charge in [-0.25, -0.2) is 4.98 Å². The Morgan fingerprint density at radius 2 is 2.18 bits per heavy atom. The zero-order valence-corrected chi connectivity index (χ0v) is 11.2. The third-order valence-corrected chi connectivity index (χ3v) is 3.31. The maximum Gasteiger partial charge on any atom is 0.130 e. The fraction of sp³-hybridized carbons (Fsp3) is 0.154. The van der Waals surface area contributed by atoms with E-state index in [4.69, 9.17) is 5.73 Å². The first-order valence-corrected chi connectivity index (χ1v) is 6.16. The summed E-state index contributed by atoms with van der Waals surface area (Å²) < 4.78 is 1.01. The summed E-state index contributed by atoms with van der Waals surface area (Å²) in [5.74, 6) is 0.833. The summed E-state index contributed by atoms with van der Waals surface area (Å²) in [6.07, 6.45) is 1.80. The summed E-state index contributed by atoms with van der Waals surface area (Å²) in [5, 5.41) is 3.26. The van der Waals surface area contributed by atoms with E-state index >= 15 is 0 Å². The van der Waals surface area contributed by atoms with Gasteiger partial charge in [-0.05, 0) is 52.2 Å². The third-order valence-electron chi connectivity index (χ3n) is 2.48. The van der Waals surface area contributed by atoms with Crippen LogP contribution in [0.4, 0.5) is 11.5 Å². The van der Waals surface area contributed by atoms with E-state index in [1.54, 1.807) is 6.20 Å². The number of nitrogens with one attached hydrogen (secondary N) is 1. The number of nitrogens with two attached hydrogens (primary N) is 1. The molecule has 2 rings (SSSR count). The van der Waals surface area contributed by atoms with E-state index < -0.39 is 0 Å². The predicted molar refractivity (Wildman–Crippen MR) is 74.3 cm³/mol. The second kappa shape index (κ2) is 5.29. The molecule has 1 heterocycles. The van der Waals surface area contributed by atoms with E-state index in [1.165, 1.54) is 0 Å². The van der Waals surface area contributed by atoms with E-state index in [2.05, 4.69) is 26.2 Å². The summed E-state index contributed by atoms with van der Waals surface area (Å²) in [6.45, 7) is 2.58. The van der Waals surface area contributed by atoms with Gasteiger partial charge in [-0.1, -0.05) is 12.1 Å². The molecule has 0 saturated carbocycles. The van der Waals surface area contributed by atoms with Gasteiger partial charge in [0.05, 0.1) is 0 Å². The molecule has 4 heteroatoms. The van der Waals surface area contributed by atoms with Crippen LogP contribution in [0.1, 0.15) is 11.1 Å². The van der Waals surface area contributed by atoms with Crippen LogP contribution >= 0.6 is 15.9 Å². The lowest BCUT2D eigenvalue weighted by Gasteiger charge is -2.08. The average Bonchev–Trinajstić information content (AvgIpc) is 2.34. The van der Waals surface area contributed by atoms with Crippen LogP contribution in [0.15, 0.2) is 41.0 Å². The van der Waals surface area contributed by atoms with Crippen molar-refractivity contribution in [1.29, 1.82) is 0 Å². The molecular formula is C13H14BrN3. The van der Waals surface area contributed by atoms with Crippen molar-refractivity contribution in [1.82, 2.24) is 4.98 Å². The predicted octanol–water partition coefficient (Wildman–Crippen LogP) is 3.35. The molecule has 1 aromatic carbocycles. The Kier molecular flexibility index (Phi) is 3.76. The molecule has 0 amide bonds. The molecule has 0 aliphatic rings.